The molecule has 0 amide bonds. The quantitative estimate of drug-likeness (QED) is 0.361. The zero-order chi connectivity index (χ0) is 0. The van der Waals surface area contributed by atoms with Crippen LogP contribution in [0.3, 0.4) is 0 Å². The van der Waals surface area contributed by atoms with Gasteiger partial charge < -0.3 is 32.9 Å². The second-order valence-electron chi connectivity index (χ2n) is 0. The molecule has 0 saturated carbocycles. The molecular weight excluding hydrogens is 187 g/mol. The van der Waals surface area contributed by atoms with Gasteiger partial charge in [-0.25, -0.2) is 0 Å². The second-order valence-corrected chi connectivity index (χ2v) is 0. The average molecular weight is 199 g/mol. The predicted octanol–water partition coefficient (Wildman–Crippen LogP) is -4.95. The van der Waals surface area contributed by atoms with E-state index < -0.39 is 0 Å². The molecule has 7 heavy (non-hydrogen) atoms. The van der Waals surface area contributed by atoms with Crippen molar-refractivity contribution in [1.29, 1.82) is 0 Å². The molecule has 0 bridgehead atoms. The van der Waals surface area contributed by atoms with Crippen molar-refractivity contribution in [3.05, 3.63) is 0 Å². The fraction of sp³-hybridized carbons (Fsp3) is 0. The van der Waals surface area contributed by atoms with Gasteiger partial charge in [0.2, 0.25) is 0 Å². The van der Waals surface area contributed by atoms with Gasteiger partial charge in [0.05, 0.1) is 0 Å². The molecule has 0 heterocycles. The number of hydrogen-bond acceptors (Lipinski definition) is 0. The van der Waals surface area contributed by atoms with Crippen LogP contribution in [0.1, 0.15) is 0 Å². The van der Waals surface area contributed by atoms with Crippen LogP contribution in [0.15, 0.2) is 0 Å². The third-order valence-electron chi connectivity index (χ3n) is 0. The Hall–Kier alpha value is 0.643. The zero-order valence-electron chi connectivity index (χ0n) is 3.50. The molecule has 0 rings (SSSR count). The summed E-state index contributed by atoms with van der Waals surface area (Å²) in [6, 6.07) is 0. The predicted molar refractivity (Wildman–Crippen MR) is 21.7 cm³/mol. The largest absolute Gasteiger partial charge is 0.412 e. The van der Waals surface area contributed by atoms with Crippen LogP contribution >= 0.6 is 0 Å². The molecule has 0 atom stereocenters. The van der Waals surface area contributed by atoms with Gasteiger partial charge in [0, 0.05) is 26.2 Å². The fourth-order valence-corrected chi connectivity index (χ4v) is 0. The Morgan fingerprint density at radius 1 is 0.286 bits per heavy atom. The molecule has 0 unspecified atom stereocenters. The first-order valence-corrected chi connectivity index (χ1v) is 0. The van der Waals surface area contributed by atoms with Crippen molar-refractivity contribution in [3.8, 4) is 0 Å². The van der Waals surface area contributed by atoms with E-state index in [1.54, 1.807) is 0 Å². The zero-order valence-corrected chi connectivity index (χ0v) is 5.96. The topological polar surface area (TPSA) is 189 Å². The molecule has 0 aliphatic heterocycles. The van der Waals surface area contributed by atoms with Gasteiger partial charge in [0.15, 0.2) is 0 Å². The molecule has 0 aromatic rings. The van der Waals surface area contributed by atoms with Gasteiger partial charge in [0.1, 0.15) is 0 Å². The minimum Gasteiger partial charge on any atom is -0.412 e. The van der Waals surface area contributed by atoms with E-state index in [9.17, 15) is 0 Å². The standard InChI is InChI=1S/6H2O.Zr/h6*1H2;. The van der Waals surface area contributed by atoms with Gasteiger partial charge in [-0.05, 0) is 0 Å². The molecule has 0 spiro atoms. The van der Waals surface area contributed by atoms with Crippen molar-refractivity contribution >= 4 is 0 Å². The van der Waals surface area contributed by atoms with E-state index in [2.05, 4.69) is 0 Å². The van der Waals surface area contributed by atoms with Crippen LogP contribution in [0.4, 0.5) is 0 Å². The summed E-state index contributed by atoms with van der Waals surface area (Å²) in [6.07, 6.45) is 0. The first kappa shape index (κ1) is 816. The van der Waals surface area contributed by atoms with Gasteiger partial charge in [-0.1, -0.05) is 0 Å². The van der Waals surface area contributed by atoms with E-state index in [0.717, 1.165) is 0 Å². The Kier molecular flexibility index (Phi) is 59600. The summed E-state index contributed by atoms with van der Waals surface area (Å²) >= 11 is 0. The Labute approximate surface area is 59.5 Å². The maximum Gasteiger partial charge on any atom is 0 e. The summed E-state index contributed by atoms with van der Waals surface area (Å²) in [6.45, 7) is 0. The van der Waals surface area contributed by atoms with Crippen molar-refractivity contribution in [2.24, 2.45) is 0 Å². The maximum absolute atomic E-state index is 0. The van der Waals surface area contributed by atoms with Crippen LogP contribution in [-0.4, -0.2) is 32.9 Å². The van der Waals surface area contributed by atoms with Crippen LogP contribution in [-0.2, 0) is 26.2 Å². The van der Waals surface area contributed by atoms with Crippen molar-refractivity contribution < 1.29 is 59.1 Å². The Bertz CT molecular complexity index is 4.14. The van der Waals surface area contributed by atoms with E-state index in [1.165, 1.54) is 0 Å². The third-order valence-corrected chi connectivity index (χ3v) is 0. The molecule has 0 aliphatic rings. The summed E-state index contributed by atoms with van der Waals surface area (Å²) in [5.41, 5.74) is 0. The smallest absolute Gasteiger partial charge is 0 e. The summed E-state index contributed by atoms with van der Waals surface area (Å²) in [5, 5.41) is 0. The van der Waals surface area contributed by atoms with Crippen LogP contribution in [0.25, 0.3) is 0 Å². The van der Waals surface area contributed by atoms with Crippen molar-refractivity contribution in [3.63, 3.8) is 0 Å². The molecule has 0 aromatic heterocycles. The average Bonchev–Trinajstić information content (AvgIpc) is 0. The summed E-state index contributed by atoms with van der Waals surface area (Å²) < 4.78 is 0. The summed E-state index contributed by atoms with van der Waals surface area (Å²) in [5.74, 6) is 0. The van der Waals surface area contributed by atoms with Gasteiger partial charge in [-0.2, -0.15) is 0 Å². The fourth-order valence-electron chi connectivity index (χ4n) is 0. The van der Waals surface area contributed by atoms with E-state index in [-0.39, 0.29) is 59.1 Å². The van der Waals surface area contributed by atoms with Crippen LogP contribution in [0.2, 0.25) is 0 Å². The van der Waals surface area contributed by atoms with Crippen molar-refractivity contribution in [2.45, 2.75) is 0 Å². The molecule has 0 fully saturated rings. The van der Waals surface area contributed by atoms with Crippen molar-refractivity contribution in [1.82, 2.24) is 0 Å². The molecule has 0 aliphatic carbocycles. The minimum atomic E-state index is 0. The number of rotatable bonds is 0. The first-order chi connectivity index (χ1) is 0. The normalized spacial score (nSPS) is 0. The van der Waals surface area contributed by atoms with E-state index in [1.807, 2.05) is 0 Å². The monoisotopic (exact) mass is 198 g/mol. The third kappa shape index (κ3) is 346. The molecule has 0 aromatic carbocycles. The van der Waals surface area contributed by atoms with Gasteiger partial charge in [0.25, 0.3) is 0 Å². The minimum absolute atomic E-state index is 0. The van der Waals surface area contributed by atoms with E-state index in [4.69, 9.17) is 0 Å². The first-order valence-electron chi connectivity index (χ1n) is 0. The summed E-state index contributed by atoms with van der Waals surface area (Å²) in [7, 11) is 0. The Balaban J connectivity index is 0. The van der Waals surface area contributed by atoms with Crippen molar-refractivity contribution in [2.75, 3.05) is 0 Å². The molecular formula is H12O6Zr. The Morgan fingerprint density at radius 2 is 0.286 bits per heavy atom. The van der Waals surface area contributed by atoms with E-state index >= 15 is 0 Å². The van der Waals surface area contributed by atoms with Crippen LogP contribution < -0.4 is 0 Å². The van der Waals surface area contributed by atoms with E-state index in [0.29, 0.717) is 0 Å². The molecule has 7 heteroatoms. The van der Waals surface area contributed by atoms with Crippen LogP contribution in [0, 0.1) is 0 Å². The van der Waals surface area contributed by atoms with Crippen LogP contribution in [0.5, 0.6) is 0 Å². The molecule has 6 nitrogen and oxygen atoms in total. The second kappa shape index (κ2) is 511. The SMILES string of the molecule is O.O.O.O.O.O.[Zr]. The van der Waals surface area contributed by atoms with Gasteiger partial charge in [-0.3, -0.25) is 0 Å². The summed E-state index contributed by atoms with van der Waals surface area (Å²) in [4.78, 5) is 0. The molecule has 0 saturated heterocycles. The molecule has 12 N–H and O–H groups in total. The number of hydrogen-bond donors (Lipinski definition) is 0. The van der Waals surface area contributed by atoms with Gasteiger partial charge in [-0.15, -0.1) is 0 Å². The molecule has 52 valence electrons. The maximum atomic E-state index is 0. The molecule has 0 radical (unpaired) electrons. The van der Waals surface area contributed by atoms with Gasteiger partial charge >= 0.3 is 0 Å². The Morgan fingerprint density at radius 3 is 0.286 bits per heavy atom.